The summed E-state index contributed by atoms with van der Waals surface area (Å²) in [6.07, 6.45) is 3.71. The molecule has 0 aliphatic rings. The van der Waals surface area contributed by atoms with Gasteiger partial charge < -0.3 is 5.32 Å². The van der Waals surface area contributed by atoms with E-state index >= 15 is 0 Å². The quantitative estimate of drug-likeness (QED) is 0.431. The number of thiocarbonyl (C=S) groups is 1. The van der Waals surface area contributed by atoms with E-state index < -0.39 is 0 Å². The highest BCUT2D eigenvalue weighted by molar-refractivity contribution is 7.81. The lowest BCUT2D eigenvalue weighted by Gasteiger charge is -1.96. The Kier molecular flexibility index (Phi) is 3.48. The average molecular weight is 177 g/mol. The van der Waals surface area contributed by atoms with E-state index in [0.29, 0.717) is 0 Å². The Balaban J connectivity index is 2.72. The molecule has 0 heterocycles. The first-order chi connectivity index (χ1) is 5.84. The Hall–Kier alpha value is -1.15. The first kappa shape index (κ1) is 8.94. The highest BCUT2D eigenvalue weighted by Crippen LogP contribution is 2.01. The molecule has 0 aliphatic heterocycles. The van der Waals surface area contributed by atoms with Gasteiger partial charge in [0.2, 0.25) is 0 Å². The summed E-state index contributed by atoms with van der Waals surface area (Å²) in [4.78, 5) is 0.852. The van der Waals surface area contributed by atoms with Crippen LogP contribution in [0.1, 0.15) is 5.56 Å². The van der Waals surface area contributed by atoms with Crippen molar-refractivity contribution in [2.45, 2.75) is 0 Å². The van der Waals surface area contributed by atoms with E-state index in [4.69, 9.17) is 12.2 Å². The fraction of sp³-hybridized carbons (Fsp3) is 0.100. The molecule has 1 nitrogen and oxygen atoms in total. The molecule has 0 aliphatic carbocycles. The van der Waals surface area contributed by atoms with Gasteiger partial charge in [0, 0.05) is 11.9 Å². The Morgan fingerprint density at radius 1 is 1.33 bits per heavy atom. The van der Waals surface area contributed by atoms with Gasteiger partial charge in [-0.05, 0) is 17.8 Å². The van der Waals surface area contributed by atoms with Crippen LogP contribution in [0.25, 0.3) is 0 Å². The molecule has 62 valence electrons. The van der Waals surface area contributed by atoms with Crippen molar-refractivity contribution in [3.8, 4) is 0 Å². The number of allylic oxidation sites excluding steroid dienone is 1. The van der Waals surface area contributed by atoms with Crippen molar-refractivity contribution in [3.63, 3.8) is 0 Å². The van der Waals surface area contributed by atoms with Gasteiger partial charge in [-0.15, -0.1) is 0 Å². The molecule has 0 fully saturated rings. The van der Waals surface area contributed by atoms with E-state index in [0.717, 1.165) is 10.4 Å². The highest BCUT2D eigenvalue weighted by atomic mass is 32.1. The average Bonchev–Trinajstić information content (AvgIpc) is 2.15. The molecule has 1 aromatic carbocycles. The maximum Gasteiger partial charge on any atom is 0.0463 e. The molecule has 1 N–H and O–H groups in total. The zero-order valence-corrected chi connectivity index (χ0v) is 7.77. The van der Waals surface area contributed by atoms with Gasteiger partial charge >= 0.3 is 0 Å². The van der Waals surface area contributed by atoms with E-state index in [9.17, 15) is 0 Å². The van der Waals surface area contributed by atoms with E-state index in [1.165, 1.54) is 0 Å². The van der Waals surface area contributed by atoms with Crippen LogP contribution in [0.2, 0.25) is 0 Å². The molecular formula is C10H11NS. The maximum absolute atomic E-state index is 5.16. The largest absolute Gasteiger partial charge is 0.394 e. The number of nitrogens with one attached hydrogen (secondary N) is 1. The number of hydrogen-bond donors (Lipinski definition) is 1. The van der Waals surface area contributed by atoms with E-state index in [2.05, 4.69) is 5.32 Å². The minimum Gasteiger partial charge on any atom is -0.394 e. The number of hydrogen-bond acceptors (Lipinski definition) is 2. The SMILES string of the molecule is CN/C=C/C(=S)c1ccccc1. The third-order valence-electron chi connectivity index (χ3n) is 1.46. The van der Waals surface area contributed by atoms with Gasteiger partial charge in [0.25, 0.3) is 0 Å². The summed E-state index contributed by atoms with van der Waals surface area (Å²) in [6, 6.07) is 9.95. The Morgan fingerprint density at radius 2 is 2.00 bits per heavy atom. The molecule has 2 heteroatoms. The number of benzene rings is 1. The second-order valence-electron chi connectivity index (χ2n) is 2.35. The van der Waals surface area contributed by atoms with Crippen LogP contribution in [-0.2, 0) is 0 Å². The zero-order valence-electron chi connectivity index (χ0n) is 6.95. The van der Waals surface area contributed by atoms with Crippen molar-refractivity contribution in [2.75, 3.05) is 7.05 Å². The third-order valence-corrected chi connectivity index (χ3v) is 1.83. The molecular weight excluding hydrogens is 166 g/mol. The summed E-state index contributed by atoms with van der Waals surface area (Å²) in [5.41, 5.74) is 1.08. The van der Waals surface area contributed by atoms with Gasteiger partial charge in [-0.1, -0.05) is 42.5 Å². The van der Waals surface area contributed by atoms with Crippen molar-refractivity contribution in [2.24, 2.45) is 0 Å². The molecule has 0 saturated carbocycles. The van der Waals surface area contributed by atoms with Gasteiger partial charge in [-0.2, -0.15) is 0 Å². The summed E-state index contributed by atoms with van der Waals surface area (Å²) >= 11 is 5.16. The monoisotopic (exact) mass is 177 g/mol. The van der Waals surface area contributed by atoms with Crippen LogP contribution < -0.4 is 5.32 Å². The lowest BCUT2D eigenvalue weighted by Crippen LogP contribution is -1.96. The highest BCUT2D eigenvalue weighted by Gasteiger charge is 1.92. The molecule has 0 spiro atoms. The minimum atomic E-state index is 0.852. The third kappa shape index (κ3) is 2.47. The molecule has 0 bridgehead atoms. The van der Waals surface area contributed by atoms with Crippen molar-refractivity contribution in [3.05, 3.63) is 48.2 Å². The van der Waals surface area contributed by atoms with Crippen LogP contribution in [0.3, 0.4) is 0 Å². The molecule has 0 radical (unpaired) electrons. The Morgan fingerprint density at radius 3 is 2.58 bits per heavy atom. The molecule has 0 aromatic heterocycles. The first-order valence-electron chi connectivity index (χ1n) is 3.78. The molecule has 1 rings (SSSR count). The van der Waals surface area contributed by atoms with Crippen LogP contribution in [0.15, 0.2) is 42.6 Å². The molecule has 0 atom stereocenters. The summed E-state index contributed by atoms with van der Waals surface area (Å²) in [5, 5.41) is 2.90. The molecule has 12 heavy (non-hydrogen) atoms. The molecule has 0 saturated heterocycles. The van der Waals surface area contributed by atoms with Crippen LogP contribution in [-0.4, -0.2) is 11.9 Å². The standard InChI is InChI=1S/C10H11NS/c1-11-8-7-10(12)9-5-3-2-4-6-9/h2-8,11H,1H3/b8-7+. The topological polar surface area (TPSA) is 12.0 Å². The summed E-state index contributed by atoms with van der Waals surface area (Å²) < 4.78 is 0. The van der Waals surface area contributed by atoms with E-state index in [1.54, 1.807) is 0 Å². The van der Waals surface area contributed by atoms with Crippen molar-refractivity contribution in [1.29, 1.82) is 0 Å². The van der Waals surface area contributed by atoms with Crippen molar-refractivity contribution >= 4 is 17.1 Å². The van der Waals surface area contributed by atoms with Crippen molar-refractivity contribution in [1.82, 2.24) is 5.32 Å². The first-order valence-corrected chi connectivity index (χ1v) is 4.18. The van der Waals surface area contributed by atoms with Gasteiger partial charge in [0.05, 0.1) is 0 Å². The second-order valence-corrected chi connectivity index (χ2v) is 2.79. The Bertz CT molecular complexity index is 277. The lowest BCUT2D eigenvalue weighted by atomic mass is 10.1. The van der Waals surface area contributed by atoms with E-state index in [-0.39, 0.29) is 0 Å². The summed E-state index contributed by atoms with van der Waals surface area (Å²) in [5.74, 6) is 0. The van der Waals surface area contributed by atoms with Crippen LogP contribution in [0.5, 0.6) is 0 Å². The fourth-order valence-electron chi connectivity index (χ4n) is 0.858. The molecule has 0 unspecified atom stereocenters. The molecule has 0 amide bonds. The van der Waals surface area contributed by atoms with Crippen LogP contribution in [0, 0.1) is 0 Å². The smallest absolute Gasteiger partial charge is 0.0463 e. The van der Waals surface area contributed by atoms with Crippen molar-refractivity contribution < 1.29 is 0 Å². The Labute approximate surface area is 78.1 Å². The molecule has 1 aromatic rings. The van der Waals surface area contributed by atoms with Gasteiger partial charge in [0.1, 0.15) is 0 Å². The van der Waals surface area contributed by atoms with Crippen LogP contribution >= 0.6 is 12.2 Å². The summed E-state index contributed by atoms with van der Waals surface area (Å²) in [6.45, 7) is 0. The lowest BCUT2D eigenvalue weighted by molar-refractivity contribution is 1.11. The maximum atomic E-state index is 5.16. The van der Waals surface area contributed by atoms with Gasteiger partial charge in [0.15, 0.2) is 0 Å². The predicted octanol–water partition coefficient (Wildman–Crippen LogP) is 2.14. The van der Waals surface area contributed by atoms with Gasteiger partial charge in [-0.3, -0.25) is 0 Å². The fourth-order valence-corrected chi connectivity index (χ4v) is 1.06. The normalized spacial score (nSPS) is 10.1. The van der Waals surface area contributed by atoms with Gasteiger partial charge in [-0.25, -0.2) is 0 Å². The van der Waals surface area contributed by atoms with E-state index in [1.807, 2.05) is 49.7 Å². The second kappa shape index (κ2) is 4.67. The zero-order chi connectivity index (χ0) is 8.81. The number of rotatable bonds is 3. The minimum absolute atomic E-state index is 0.852. The predicted molar refractivity (Wildman–Crippen MR) is 56.3 cm³/mol. The van der Waals surface area contributed by atoms with Crippen LogP contribution in [0.4, 0.5) is 0 Å². The summed E-state index contributed by atoms with van der Waals surface area (Å²) in [7, 11) is 1.85.